The van der Waals surface area contributed by atoms with Gasteiger partial charge in [0.05, 0.1) is 13.7 Å². The highest BCUT2D eigenvalue weighted by molar-refractivity contribution is 5.84. The predicted molar refractivity (Wildman–Crippen MR) is 73.3 cm³/mol. The molecule has 1 amide bonds. The zero-order valence-electron chi connectivity index (χ0n) is 11.6. The number of carbonyl (C=O) groups excluding carboxylic acids is 2. The van der Waals surface area contributed by atoms with E-state index >= 15 is 0 Å². The van der Waals surface area contributed by atoms with Crippen LogP contribution in [0.3, 0.4) is 0 Å². The molecule has 1 aromatic rings. The van der Waals surface area contributed by atoms with Crippen molar-refractivity contribution in [3.8, 4) is 0 Å². The van der Waals surface area contributed by atoms with E-state index in [4.69, 9.17) is 0 Å². The average Bonchev–Trinajstić information content (AvgIpc) is 2.48. The summed E-state index contributed by atoms with van der Waals surface area (Å²) in [5.41, 5.74) is 1.14. The molecule has 0 bridgehead atoms. The fraction of sp³-hybridized carbons (Fsp3) is 0.429. The van der Waals surface area contributed by atoms with Gasteiger partial charge in [0.25, 0.3) is 0 Å². The maximum Gasteiger partial charge on any atom is 0.339 e. The molecule has 1 saturated heterocycles. The van der Waals surface area contributed by atoms with Crippen LogP contribution in [0, 0.1) is 0 Å². The maximum atomic E-state index is 11.8. The van der Waals surface area contributed by atoms with E-state index in [2.05, 4.69) is 4.74 Å². The zero-order chi connectivity index (χ0) is 14.7. The number of hydrogen-bond donors (Lipinski definition) is 1. The molecule has 1 aliphatic heterocycles. The summed E-state index contributed by atoms with van der Waals surface area (Å²) in [7, 11) is 2.99. The van der Waals surface area contributed by atoms with Crippen molar-refractivity contribution in [2.75, 3.05) is 38.7 Å². The van der Waals surface area contributed by atoms with Crippen molar-refractivity contribution < 1.29 is 19.4 Å². The van der Waals surface area contributed by atoms with Crippen molar-refractivity contribution in [2.45, 2.75) is 6.10 Å². The molecule has 1 aliphatic rings. The van der Waals surface area contributed by atoms with Crippen molar-refractivity contribution >= 4 is 17.6 Å². The highest BCUT2D eigenvalue weighted by Crippen LogP contribution is 2.28. The lowest BCUT2D eigenvalue weighted by atomic mass is 10.1. The molecule has 0 radical (unpaired) electrons. The van der Waals surface area contributed by atoms with Gasteiger partial charge in [-0.2, -0.15) is 0 Å². The van der Waals surface area contributed by atoms with E-state index in [1.54, 1.807) is 30.1 Å². The molecule has 0 saturated carbocycles. The first-order chi connectivity index (χ1) is 9.54. The van der Waals surface area contributed by atoms with Gasteiger partial charge in [0.15, 0.2) is 6.10 Å². The van der Waals surface area contributed by atoms with E-state index in [0.29, 0.717) is 24.3 Å². The van der Waals surface area contributed by atoms with Gasteiger partial charge >= 0.3 is 5.97 Å². The Morgan fingerprint density at radius 1 is 1.35 bits per heavy atom. The number of anilines is 1. The van der Waals surface area contributed by atoms with Crippen molar-refractivity contribution in [1.82, 2.24) is 4.90 Å². The normalized spacial score (nSPS) is 17.1. The molecule has 1 aromatic carbocycles. The molecule has 1 atom stereocenters. The Labute approximate surface area is 117 Å². The Morgan fingerprint density at radius 2 is 2.05 bits per heavy atom. The largest absolute Gasteiger partial charge is 0.467 e. The highest BCUT2D eigenvalue weighted by Gasteiger charge is 2.27. The lowest BCUT2D eigenvalue weighted by Gasteiger charge is -2.35. The molecule has 2 rings (SSSR count). The van der Waals surface area contributed by atoms with E-state index in [1.165, 1.54) is 7.11 Å². The number of esters is 1. The Balaban J connectivity index is 2.28. The average molecular weight is 278 g/mol. The number of ether oxygens (including phenoxy) is 1. The number of rotatable bonds is 3. The van der Waals surface area contributed by atoms with E-state index in [0.717, 1.165) is 0 Å². The van der Waals surface area contributed by atoms with E-state index in [9.17, 15) is 14.7 Å². The summed E-state index contributed by atoms with van der Waals surface area (Å²) >= 11 is 0. The van der Waals surface area contributed by atoms with Gasteiger partial charge in [-0.15, -0.1) is 0 Å². The molecule has 6 heteroatoms. The minimum atomic E-state index is -1.34. The quantitative estimate of drug-likeness (QED) is 0.798. The third kappa shape index (κ3) is 2.75. The minimum absolute atomic E-state index is 0.0126. The first-order valence-electron chi connectivity index (χ1n) is 6.38. The van der Waals surface area contributed by atoms with E-state index in [-0.39, 0.29) is 12.5 Å². The van der Waals surface area contributed by atoms with Crippen molar-refractivity contribution in [3.05, 3.63) is 29.8 Å². The highest BCUT2D eigenvalue weighted by atomic mass is 16.5. The Bertz CT molecular complexity index is 518. The van der Waals surface area contributed by atoms with Gasteiger partial charge in [-0.1, -0.05) is 18.2 Å². The third-order valence-corrected chi connectivity index (χ3v) is 3.45. The molecule has 1 N–H and O–H groups in total. The number of methoxy groups -OCH3 is 1. The van der Waals surface area contributed by atoms with Crippen LogP contribution in [0.1, 0.15) is 11.7 Å². The number of carbonyl (C=O) groups is 2. The second-order valence-corrected chi connectivity index (χ2v) is 4.72. The lowest BCUT2D eigenvalue weighted by molar-refractivity contribution is -0.150. The smallest absolute Gasteiger partial charge is 0.339 e. The van der Waals surface area contributed by atoms with Gasteiger partial charge in [-0.3, -0.25) is 4.79 Å². The van der Waals surface area contributed by atoms with Gasteiger partial charge in [0.2, 0.25) is 5.91 Å². The number of para-hydroxylation sites is 1. The minimum Gasteiger partial charge on any atom is -0.467 e. The molecule has 108 valence electrons. The predicted octanol–water partition coefficient (Wildman–Crippen LogP) is 0.171. The number of nitrogens with zero attached hydrogens (tertiary/aromatic N) is 2. The standard InChI is InChI=1S/C14H18N2O4/c1-15-7-8-16(9-12(15)17)11-6-4-3-5-10(11)13(18)14(19)20-2/h3-6,13,18H,7-9H2,1-2H3. The number of hydrogen-bond acceptors (Lipinski definition) is 5. The summed E-state index contributed by atoms with van der Waals surface area (Å²) in [4.78, 5) is 26.8. The Hall–Kier alpha value is -2.08. The monoisotopic (exact) mass is 278 g/mol. The van der Waals surface area contributed by atoms with Crippen LogP contribution in [0.5, 0.6) is 0 Å². The van der Waals surface area contributed by atoms with Crippen molar-refractivity contribution in [3.63, 3.8) is 0 Å². The summed E-state index contributed by atoms with van der Waals surface area (Å²) < 4.78 is 4.56. The van der Waals surface area contributed by atoms with Crippen LogP contribution >= 0.6 is 0 Å². The maximum absolute atomic E-state index is 11.8. The molecule has 1 heterocycles. The summed E-state index contributed by atoms with van der Waals surface area (Å²) in [6, 6.07) is 7.01. The van der Waals surface area contributed by atoms with Gasteiger partial charge in [0, 0.05) is 31.4 Å². The first-order valence-corrected chi connectivity index (χ1v) is 6.38. The Kier molecular flexibility index (Phi) is 4.24. The number of benzene rings is 1. The summed E-state index contributed by atoms with van der Waals surface area (Å²) in [5, 5.41) is 10.0. The van der Waals surface area contributed by atoms with Crippen molar-refractivity contribution in [2.24, 2.45) is 0 Å². The number of likely N-dealkylation sites (N-methyl/N-ethyl adjacent to an activating group) is 1. The summed E-state index contributed by atoms with van der Waals surface area (Å²) in [5.74, 6) is -0.698. The zero-order valence-corrected chi connectivity index (χ0v) is 11.6. The van der Waals surface area contributed by atoms with Crippen LogP contribution in [0.25, 0.3) is 0 Å². The number of piperazine rings is 1. The molecular weight excluding hydrogens is 260 g/mol. The van der Waals surface area contributed by atoms with Gasteiger partial charge in [-0.05, 0) is 6.07 Å². The SMILES string of the molecule is COC(=O)C(O)c1ccccc1N1CCN(C)C(=O)C1. The molecule has 0 aromatic heterocycles. The van der Waals surface area contributed by atoms with Crippen LogP contribution < -0.4 is 4.90 Å². The number of amides is 1. The van der Waals surface area contributed by atoms with Crippen LogP contribution in [0.15, 0.2) is 24.3 Å². The van der Waals surface area contributed by atoms with E-state index in [1.807, 2.05) is 11.0 Å². The molecule has 0 spiro atoms. The van der Waals surface area contributed by atoms with Gasteiger partial charge < -0.3 is 19.6 Å². The summed E-state index contributed by atoms with van der Waals surface area (Å²) in [6.45, 7) is 1.51. The Morgan fingerprint density at radius 3 is 2.70 bits per heavy atom. The number of aliphatic hydroxyl groups is 1. The van der Waals surface area contributed by atoms with Gasteiger partial charge in [0.1, 0.15) is 0 Å². The fourth-order valence-corrected chi connectivity index (χ4v) is 2.21. The molecule has 1 unspecified atom stereocenters. The topological polar surface area (TPSA) is 70.1 Å². The van der Waals surface area contributed by atoms with Crippen LogP contribution in [0.4, 0.5) is 5.69 Å². The molecule has 20 heavy (non-hydrogen) atoms. The fourth-order valence-electron chi connectivity index (χ4n) is 2.21. The van der Waals surface area contributed by atoms with Crippen molar-refractivity contribution in [1.29, 1.82) is 0 Å². The summed E-state index contributed by atoms with van der Waals surface area (Å²) in [6.07, 6.45) is -1.34. The molecule has 0 aliphatic carbocycles. The molecule has 1 fully saturated rings. The van der Waals surface area contributed by atoms with Crippen LogP contribution in [-0.2, 0) is 14.3 Å². The first kappa shape index (κ1) is 14.3. The second-order valence-electron chi connectivity index (χ2n) is 4.72. The van der Waals surface area contributed by atoms with Gasteiger partial charge in [-0.25, -0.2) is 4.79 Å². The molecule has 6 nitrogen and oxygen atoms in total. The lowest BCUT2D eigenvalue weighted by Crippen LogP contribution is -2.49. The van der Waals surface area contributed by atoms with Crippen LogP contribution in [-0.4, -0.2) is 55.7 Å². The van der Waals surface area contributed by atoms with E-state index < -0.39 is 12.1 Å². The number of aliphatic hydroxyl groups excluding tert-OH is 1. The second kappa shape index (κ2) is 5.92. The van der Waals surface area contributed by atoms with Crippen LogP contribution in [0.2, 0.25) is 0 Å². The third-order valence-electron chi connectivity index (χ3n) is 3.45. The molecular formula is C14H18N2O4.